The van der Waals surface area contributed by atoms with E-state index >= 15 is 0 Å². The third kappa shape index (κ3) is 4.35. The molecule has 2 nitrogen and oxygen atoms in total. The predicted molar refractivity (Wildman–Crippen MR) is 194 cm³/mol. The lowest BCUT2D eigenvalue weighted by Gasteiger charge is -2.29. The predicted octanol–water partition coefficient (Wildman–Crippen LogP) is 12.7. The molecule has 0 aliphatic carbocycles. The summed E-state index contributed by atoms with van der Waals surface area (Å²) in [5.74, 6) is 0. The van der Waals surface area contributed by atoms with Crippen LogP contribution in [0.5, 0.6) is 0 Å². The Bertz CT molecular complexity index is 2530. The summed E-state index contributed by atoms with van der Waals surface area (Å²) in [5.41, 5.74) is 9.64. The Hall–Kier alpha value is -6.12. The number of furan rings is 1. The minimum atomic E-state index is 0.876. The summed E-state index contributed by atoms with van der Waals surface area (Å²) < 4.78 is 6.75. The largest absolute Gasteiger partial charge is 0.454 e. The van der Waals surface area contributed by atoms with E-state index < -0.39 is 0 Å². The number of benzene rings is 8. The van der Waals surface area contributed by atoms with Crippen LogP contribution in [0.4, 0.5) is 17.1 Å². The van der Waals surface area contributed by atoms with E-state index in [1.165, 1.54) is 27.3 Å². The minimum absolute atomic E-state index is 0.876. The second kappa shape index (κ2) is 10.8. The Morgan fingerprint density at radius 1 is 0.391 bits per heavy atom. The Labute approximate surface area is 267 Å². The lowest BCUT2D eigenvalue weighted by atomic mass is 9.98. The van der Waals surface area contributed by atoms with Crippen molar-refractivity contribution in [1.82, 2.24) is 0 Å². The highest BCUT2D eigenvalue weighted by molar-refractivity contribution is 6.19. The number of rotatable bonds is 5. The van der Waals surface area contributed by atoms with E-state index in [1.54, 1.807) is 0 Å². The summed E-state index contributed by atoms with van der Waals surface area (Å²) in [4.78, 5) is 2.39. The van der Waals surface area contributed by atoms with Crippen molar-refractivity contribution in [2.24, 2.45) is 0 Å². The third-order valence-electron chi connectivity index (χ3n) is 9.03. The number of fused-ring (bicyclic) bond motifs is 5. The standard InChI is InChI=1S/C44H29NO/c1-2-13-32(14-3-1)37-17-8-10-20-41(37)45(36-26-24-31(25-27-36)34-23-22-30-12-4-5-15-33(30)28-34)43-38-18-7-6-16-35(38)29-40-39-19-9-11-21-42(39)46-44(40)43/h1-29H. The zero-order valence-corrected chi connectivity index (χ0v) is 25.1. The molecule has 0 unspecified atom stereocenters. The van der Waals surface area contributed by atoms with Gasteiger partial charge in [0.25, 0.3) is 0 Å². The summed E-state index contributed by atoms with van der Waals surface area (Å²) in [5, 5.41) is 7.02. The Kier molecular flexibility index (Phi) is 6.17. The molecular formula is C44H29NO. The van der Waals surface area contributed by atoms with Crippen LogP contribution in [0.1, 0.15) is 0 Å². The second-order valence-electron chi connectivity index (χ2n) is 11.7. The van der Waals surface area contributed by atoms with Crippen molar-refractivity contribution in [1.29, 1.82) is 0 Å². The average Bonchev–Trinajstić information content (AvgIpc) is 3.50. The molecule has 1 aromatic heterocycles. The van der Waals surface area contributed by atoms with Crippen molar-refractivity contribution in [2.45, 2.75) is 0 Å². The molecule has 9 rings (SSSR count). The first kappa shape index (κ1) is 26.3. The van der Waals surface area contributed by atoms with Crippen LogP contribution in [-0.2, 0) is 0 Å². The maximum atomic E-state index is 6.75. The number of hydrogen-bond donors (Lipinski definition) is 0. The van der Waals surface area contributed by atoms with Crippen LogP contribution in [0.2, 0.25) is 0 Å². The Balaban J connectivity index is 1.32. The first-order valence-electron chi connectivity index (χ1n) is 15.7. The molecule has 9 aromatic rings. The monoisotopic (exact) mass is 587 g/mol. The van der Waals surface area contributed by atoms with Gasteiger partial charge in [-0.3, -0.25) is 0 Å². The maximum Gasteiger partial charge on any atom is 0.160 e. The van der Waals surface area contributed by atoms with E-state index in [0.29, 0.717) is 0 Å². The van der Waals surface area contributed by atoms with Gasteiger partial charge in [0.15, 0.2) is 5.58 Å². The van der Waals surface area contributed by atoms with Crippen LogP contribution in [-0.4, -0.2) is 0 Å². The molecule has 0 fully saturated rings. The molecule has 0 atom stereocenters. The molecule has 0 bridgehead atoms. The van der Waals surface area contributed by atoms with Crippen LogP contribution in [0.25, 0.3) is 65.7 Å². The molecule has 8 aromatic carbocycles. The highest BCUT2D eigenvalue weighted by Gasteiger charge is 2.24. The summed E-state index contributed by atoms with van der Waals surface area (Å²) in [6, 6.07) is 62.7. The van der Waals surface area contributed by atoms with E-state index in [0.717, 1.165) is 55.5 Å². The zero-order valence-electron chi connectivity index (χ0n) is 25.1. The van der Waals surface area contributed by atoms with Crippen LogP contribution >= 0.6 is 0 Å². The molecular weight excluding hydrogens is 558 g/mol. The van der Waals surface area contributed by atoms with Crippen LogP contribution in [0.15, 0.2) is 180 Å². The molecule has 46 heavy (non-hydrogen) atoms. The molecule has 0 amide bonds. The lowest BCUT2D eigenvalue weighted by Crippen LogP contribution is -2.12. The first-order valence-corrected chi connectivity index (χ1v) is 15.7. The van der Waals surface area contributed by atoms with E-state index in [-0.39, 0.29) is 0 Å². The fraction of sp³-hybridized carbons (Fsp3) is 0. The molecule has 1 heterocycles. The fourth-order valence-electron chi connectivity index (χ4n) is 6.81. The second-order valence-corrected chi connectivity index (χ2v) is 11.7. The van der Waals surface area contributed by atoms with Crippen LogP contribution in [0, 0.1) is 0 Å². The normalized spacial score (nSPS) is 11.5. The van der Waals surface area contributed by atoms with Gasteiger partial charge in [-0.05, 0) is 69.2 Å². The number of anilines is 3. The van der Waals surface area contributed by atoms with Gasteiger partial charge in [0.1, 0.15) is 5.58 Å². The van der Waals surface area contributed by atoms with Gasteiger partial charge in [0, 0.05) is 27.4 Å². The smallest absolute Gasteiger partial charge is 0.160 e. The van der Waals surface area contributed by atoms with Crippen molar-refractivity contribution in [3.63, 3.8) is 0 Å². The number of nitrogens with zero attached hydrogens (tertiary/aromatic N) is 1. The van der Waals surface area contributed by atoms with E-state index in [2.05, 4.69) is 175 Å². The zero-order chi connectivity index (χ0) is 30.5. The summed E-state index contributed by atoms with van der Waals surface area (Å²) in [7, 11) is 0. The molecule has 0 spiro atoms. The van der Waals surface area contributed by atoms with Crippen LogP contribution in [0.3, 0.4) is 0 Å². The minimum Gasteiger partial charge on any atom is -0.454 e. The Morgan fingerprint density at radius 2 is 1.04 bits per heavy atom. The van der Waals surface area contributed by atoms with Gasteiger partial charge in [-0.1, -0.05) is 140 Å². The van der Waals surface area contributed by atoms with Crippen molar-refractivity contribution >= 4 is 60.5 Å². The van der Waals surface area contributed by atoms with Gasteiger partial charge in [-0.15, -0.1) is 0 Å². The average molecular weight is 588 g/mol. The quantitative estimate of drug-likeness (QED) is 0.199. The fourth-order valence-corrected chi connectivity index (χ4v) is 6.81. The summed E-state index contributed by atoms with van der Waals surface area (Å²) >= 11 is 0. The van der Waals surface area contributed by atoms with Crippen molar-refractivity contribution in [2.75, 3.05) is 4.90 Å². The van der Waals surface area contributed by atoms with Gasteiger partial charge >= 0.3 is 0 Å². The molecule has 2 heteroatoms. The van der Waals surface area contributed by atoms with E-state index in [9.17, 15) is 0 Å². The molecule has 0 saturated heterocycles. The van der Waals surface area contributed by atoms with Crippen molar-refractivity contribution < 1.29 is 4.42 Å². The van der Waals surface area contributed by atoms with Gasteiger partial charge in [0.05, 0.1) is 11.4 Å². The molecule has 0 N–H and O–H groups in total. The SMILES string of the molecule is c1ccc(-c2ccccc2N(c2ccc(-c3ccc4ccccc4c3)cc2)c2c3ccccc3cc3c2oc2ccccc23)cc1. The number of hydrogen-bond acceptors (Lipinski definition) is 2. The summed E-state index contributed by atoms with van der Waals surface area (Å²) in [6.07, 6.45) is 0. The topological polar surface area (TPSA) is 16.4 Å². The number of para-hydroxylation sites is 2. The lowest BCUT2D eigenvalue weighted by molar-refractivity contribution is 0.669. The van der Waals surface area contributed by atoms with Gasteiger partial charge in [0.2, 0.25) is 0 Å². The highest BCUT2D eigenvalue weighted by Crippen LogP contribution is 2.48. The van der Waals surface area contributed by atoms with Gasteiger partial charge < -0.3 is 9.32 Å². The van der Waals surface area contributed by atoms with Crippen molar-refractivity contribution in [3.05, 3.63) is 176 Å². The highest BCUT2D eigenvalue weighted by atomic mass is 16.3. The summed E-state index contributed by atoms with van der Waals surface area (Å²) in [6.45, 7) is 0. The first-order chi connectivity index (χ1) is 22.8. The molecule has 0 radical (unpaired) electrons. The molecule has 0 aliphatic heterocycles. The van der Waals surface area contributed by atoms with Crippen LogP contribution < -0.4 is 4.90 Å². The Morgan fingerprint density at radius 3 is 1.89 bits per heavy atom. The van der Waals surface area contributed by atoms with E-state index in [1.807, 2.05) is 6.07 Å². The molecule has 216 valence electrons. The molecule has 0 saturated carbocycles. The van der Waals surface area contributed by atoms with Gasteiger partial charge in [-0.2, -0.15) is 0 Å². The van der Waals surface area contributed by atoms with Crippen molar-refractivity contribution in [3.8, 4) is 22.3 Å². The maximum absolute atomic E-state index is 6.75. The molecule has 0 aliphatic rings. The van der Waals surface area contributed by atoms with E-state index in [4.69, 9.17) is 4.42 Å². The van der Waals surface area contributed by atoms with Gasteiger partial charge in [-0.25, -0.2) is 0 Å². The third-order valence-corrected chi connectivity index (χ3v) is 9.03.